The van der Waals surface area contributed by atoms with Gasteiger partial charge in [0.25, 0.3) is 5.91 Å². The van der Waals surface area contributed by atoms with Gasteiger partial charge < -0.3 is 14.5 Å². The highest BCUT2D eigenvalue weighted by atomic mass is 79.9. The van der Waals surface area contributed by atoms with Crippen LogP contribution in [0.25, 0.3) is 11.3 Å². The van der Waals surface area contributed by atoms with Crippen LogP contribution >= 0.6 is 27.3 Å². The highest BCUT2D eigenvalue weighted by molar-refractivity contribution is 9.10. The van der Waals surface area contributed by atoms with Crippen LogP contribution in [-0.4, -0.2) is 68.7 Å². The lowest BCUT2D eigenvalue weighted by atomic mass is 9.99. The predicted molar refractivity (Wildman–Crippen MR) is 136 cm³/mol. The van der Waals surface area contributed by atoms with Gasteiger partial charge in [-0.1, -0.05) is 15.9 Å². The van der Waals surface area contributed by atoms with Crippen LogP contribution in [-0.2, 0) is 11.2 Å². The maximum atomic E-state index is 13.6. The summed E-state index contributed by atoms with van der Waals surface area (Å²) in [5, 5.41) is 4.84. The van der Waals surface area contributed by atoms with Crippen molar-refractivity contribution in [2.24, 2.45) is 5.92 Å². The van der Waals surface area contributed by atoms with Gasteiger partial charge >= 0.3 is 0 Å². The second-order valence-electron chi connectivity index (χ2n) is 9.66. The number of ether oxygens (including phenoxy) is 1. The van der Waals surface area contributed by atoms with Gasteiger partial charge in [-0.25, -0.2) is 4.98 Å². The summed E-state index contributed by atoms with van der Waals surface area (Å²) < 4.78 is 8.58. The number of hydrogen-bond acceptors (Lipinski definition) is 6. The number of rotatable bonds is 3. The Kier molecular flexibility index (Phi) is 5.68. The molecule has 0 radical (unpaired) electrons. The molecule has 2 bridgehead atoms. The normalized spacial score (nSPS) is 21.7. The number of fused-ring (bicyclic) bond motifs is 5. The van der Waals surface area contributed by atoms with Gasteiger partial charge in [0, 0.05) is 47.2 Å². The quantitative estimate of drug-likeness (QED) is 0.488. The molecule has 0 aliphatic carbocycles. The van der Waals surface area contributed by atoms with Gasteiger partial charge in [-0.05, 0) is 49.9 Å². The Morgan fingerprint density at radius 3 is 2.91 bits per heavy atom. The standard InChI is InChI=1S/C25H26BrN5O3S/c1-14-9-27-31(10-14)15(2)24(32)29-11-16-7-18(13-29)30(12-16)25(33)23-28-22-19-4-3-17(26)8-20(19)34-6-5-21(22)35-23/h3-4,8-10,15-16,18H,5-7,11-13H2,1-2H3. The molecule has 0 saturated carbocycles. The smallest absolute Gasteiger partial charge is 0.283 e. The minimum Gasteiger partial charge on any atom is -0.492 e. The largest absolute Gasteiger partial charge is 0.492 e. The Labute approximate surface area is 216 Å². The monoisotopic (exact) mass is 555 g/mol. The van der Waals surface area contributed by atoms with Gasteiger partial charge in [0.1, 0.15) is 11.8 Å². The molecule has 2 amide bonds. The number of halogens is 1. The SMILES string of the molecule is Cc1cnn(C(C)C(=O)N2CC3CC(C2)N(C(=O)c2nc4c(s2)CCOc2cc(Br)ccc2-4)C3)c1. The fourth-order valence-electron chi connectivity index (χ4n) is 5.42. The van der Waals surface area contributed by atoms with E-state index in [0.717, 1.165) is 44.8 Å². The summed E-state index contributed by atoms with van der Waals surface area (Å²) in [6, 6.07) is 5.58. The molecular weight excluding hydrogens is 530 g/mol. The lowest BCUT2D eigenvalue weighted by molar-refractivity contribution is -0.136. The van der Waals surface area contributed by atoms with Gasteiger partial charge in [0.2, 0.25) is 5.91 Å². The Hall–Kier alpha value is -2.72. The number of aromatic nitrogens is 3. The third kappa shape index (κ3) is 4.06. The molecule has 3 aliphatic heterocycles. The Morgan fingerprint density at radius 1 is 1.26 bits per heavy atom. The van der Waals surface area contributed by atoms with Crippen molar-refractivity contribution in [3.63, 3.8) is 0 Å². The Morgan fingerprint density at radius 2 is 2.11 bits per heavy atom. The summed E-state index contributed by atoms with van der Waals surface area (Å²) in [5.41, 5.74) is 2.81. The number of benzene rings is 1. The first-order valence-corrected chi connectivity index (χ1v) is 13.5. The zero-order chi connectivity index (χ0) is 24.3. The van der Waals surface area contributed by atoms with Crippen LogP contribution in [0, 0.1) is 12.8 Å². The van der Waals surface area contributed by atoms with Crippen molar-refractivity contribution in [2.75, 3.05) is 26.2 Å². The van der Waals surface area contributed by atoms with Crippen molar-refractivity contribution in [3.05, 3.63) is 50.5 Å². The third-order valence-corrected chi connectivity index (χ3v) is 8.73. The second-order valence-corrected chi connectivity index (χ2v) is 11.7. The summed E-state index contributed by atoms with van der Waals surface area (Å²) in [6.07, 6.45) is 5.32. The zero-order valence-electron chi connectivity index (χ0n) is 19.6. The molecule has 0 spiro atoms. The van der Waals surface area contributed by atoms with E-state index >= 15 is 0 Å². The van der Waals surface area contributed by atoms with E-state index < -0.39 is 0 Å². The molecule has 35 heavy (non-hydrogen) atoms. The molecule has 3 aromatic rings. The van der Waals surface area contributed by atoms with Crippen molar-refractivity contribution in [1.82, 2.24) is 24.6 Å². The average molecular weight is 556 g/mol. The molecule has 2 fully saturated rings. The van der Waals surface area contributed by atoms with Crippen molar-refractivity contribution in [2.45, 2.75) is 38.8 Å². The van der Waals surface area contributed by atoms with Crippen LogP contribution in [0.3, 0.4) is 0 Å². The highest BCUT2D eigenvalue weighted by Crippen LogP contribution is 2.40. The maximum Gasteiger partial charge on any atom is 0.283 e. The summed E-state index contributed by atoms with van der Waals surface area (Å²) in [7, 11) is 0. The van der Waals surface area contributed by atoms with E-state index in [1.165, 1.54) is 11.3 Å². The summed E-state index contributed by atoms with van der Waals surface area (Å²) in [4.78, 5) is 36.6. The zero-order valence-corrected chi connectivity index (χ0v) is 22.0. The van der Waals surface area contributed by atoms with Crippen molar-refractivity contribution in [3.8, 4) is 17.0 Å². The number of aryl methyl sites for hydroxylation is 1. The maximum absolute atomic E-state index is 13.6. The second kappa shape index (κ2) is 8.74. The lowest BCUT2D eigenvalue weighted by Crippen LogP contribution is -2.48. The topological polar surface area (TPSA) is 80.6 Å². The van der Waals surface area contributed by atoms with Gasteiger partial charge in [0.05, 0.1) is 24.5 Å². The number of nitrogens with zero attached hydrogens (tertiary/aromatic N) is 5. The molecule has 2 aromatic heterocycles. The van der Waals surface area contributed by atoms with Gasteiger partial charge in [-0.3, -0.25) is 14.3 Å². The first-order chi connectivity index (χ1) is 16.9. The fourth-order valence-corrected chi connectivity index (χ4v) is 6.77. The molecule has 10 heteroatoms. The van der Waals surface area contributed by atoms with Crippen LogP contribution in [0.15, 0.2) is 35.1 Å². The number of piperidine rings is 1. The first kappa shape index (κ1) is 22.7. The van der Waals surface area contributed by atoms with Crippen molar-refractivity contribution < 1.29 is 14.3 Å². The number of carbonyl (C=O) groups is 2. The summed E-state index contributed by atoms with van der Waals surface area (Å²) in [5.74, 6) is 1.11. The lowest BCUT2D eigenvalue weighted by Gasteiger charge is -2.34. The van der Waals surface area contributed by atoms with Crippen LogP contribution in [0.4, 0.5) is 0 Å². The number of amides is 2. The van der Waals surface area contributed by atoms with Crippen LogP contribution in [0.1, 0.15) is 39.6 Å². The molecule has 8 nitrogen and oxygen atoms in total. The van der Waals surface area contributed by atoms with E-state index in [4.69, 9.17) is 9.72 Å². The average Bonchev–Trinajstić information content (AvgIpc) is 3.52. The number of hydrogen-bond donors (Lipinski definition) is 0. The molecule has 2 saturated heterocycles. The number of thiazole rings is 1. The Bertz CT molecular complexity index is 1320. The Balaban J connectivity index is 1.21. The summed E-state index contributed by atoms with van der Waals surface area (Å²) in [6.45, 7) is 6.31. The molecular formula is C25H26BrN5O3S. The number of carbonyl (C=O) groups excluding carboxylic acids is 2. The summed E-state index contributed by atoms with van der Waals surface area (Å²) >= 11 is 4.97. The third-order valence-electron chi connectivity index (χ3n) is 7.13. The predicted octanol–water partition coefficient (Wildman–Crippen LogP) is 3.95. The molecule has 1 aromatic carbocycles. The van der Waals surface area contributed by atoms with E-state index in [1.54, 1.807) is 10.9 Å². The van der Waals surface area contributed by atoms with Gasteiger partial charge in [-0.15, -0.1) is 11.3 Å². The van der Waals surface area contributed by atoms with Crippen LogP contribution < -0.4 is 4.74 Å². The first-order valence-electron chi connectivity index (χ1n) is 11.9. The highest BCUT2D eigenvalue weighted by Gasteiger charge is 2.44. The van der Waals surface area contributed by atoms with Gasteiger partial charge in [-0.2, -0.15) is 5.10 Å². The molecule has 5 heterocycles. The van der Waals surface area contributed by atoms with Crippen molar-refractivity contribution >= 4 is 39.1 Å². The fraction of sp³-hybridized carbons (Fsp3) is 0.440. The van der Waals surface area contributed by atoms with E-state index in [0.29, 0.717) is 31.2 Å². The van der Waals surface area contributed by atoms with Crippen molar-refractivity contribution in [1.29, 1.82) is 0 Å². The molecule has 3 atom stereocenters. The molecule has 6 rings (SSSR count). The molecule has 3 unspecified atom stereocenters. The number of likely N-dealkylation sites (tertiary alicyclic amines) is 2. The molecule has 0 N–H and O–H groups in total. The van der Waals surface area contributed by atoms with E-state index in [9.17, 15) is 9.59 Å². The van der Waals surface area contributed by atoms with Crippen LogP contribution in [0.2, 0.25) is 0 Å². The minimum absolute atomic E-state index is 0.0204. The van der Waals surface area contributed by atoms with E-state index in [1.807, 2.05) is 48.0 Å². The van der Waals surface area contributed by atoms with Crippen LogP contribution in [0.5, 0.6) is 5.75 Å². The van der Waals surface area contributed by atoms with E-state index in [2.05, 4.69) is 21.0 Å². The van der Waals surface area contributed by atoms with Gasteiger partial charge in [0.15, 0.2) is 5.01 Å². The molecule has 182 valence electrons. The minimum atomic E-state index is -0.359. The molecule has 3 aliphatic rings. The van der Waals surface area contributed by atoms with E-state index in [-0.39, 0.29) is 29.8 Å².